The molecule has 0 atom stereocenters. The maximum Gasteiger partial charge on any atom is 0.266 e. The highest BCUT2D eigenvalue weighted by Crippen LogP contribution is 2.36. The zero-order valence-electron chi connectivity index (χ0n) is 16.4. The van der Waals surface area contributed by atoms with E-state index in [-0.39, 0.29) is 45.0 Å². The number of aromatic nitrogens is 4. The maximum absolute atomic E-state index is 15.2. The van der Waals surface area contributed by atoms with E-state index in [1.54, 1.807) is 10.9 Å². The topological polar surface area (TPSA) is 89.8 Å². The summed E-state index contributed by atoms with van der Waals surface area (Å²) in [7, 11) is 1.81. The number of ether oxygens (including phenoxy) is 1. The summed E-state index contributed by atoms with van der Waals surface area (Å²) < 4.78 is 28.3. The molecule has 156 valence electrons. The third-order valence-corrected chi connectivity index (χ3v) is 5.00. The smallest absolute Gasteiger partial charge is 0.266 e. The van der Waals surface area contributed by atoms with Crippen LogP contribution in [0.3, 0.4) is 0 Å². The van der Waals surface area contributed by atoms with Gasteiger partial charge in [-0.3, -0.25) is 0 Å². The van der Waals surface area contributed by atoms with E-state index in [1.165, 1.54) is 30.3 Å². The Morgan fingerprint density at radius 3 is 2.74 bits per heavy atom. The van der Waals surface area contributed by atoms with Crippen molar-refractivity contribution in [1.82, 2.24) is 19.7 Å². The molecule has 0 N–H and O–H groups in total. The second kappa shape index (κ2) is 8.38. The van der Waals surface area contributed by atoms with Gasteiger partial charge in [0.25, 0.3) is 5.89 Å². The number of hydrogen-bond acceptors (Lipinski definition) is 6. The standard InChI is InChI=1S/C21H14Cl2FN5O2/c1-11-19(29(2)10-26-11)21-28-27-17(31-21)7-13-3-4-16(23)20(18(13)24)30-15-6-12(9-25)5-14(22)8-15/h3-6,8,10H,7H2,1-2H3. The molecule has 0 fully saturated rings. The van der Waals surface area contributed by atoms with Gasteiger partial charge in [-0.15, -0.1) is 10.2 Å². The van der Waals surface area contributed by atoms with Crippen LogP contribution in [-0.2, 0) is 13.5 Å². The molecule has 0 amide bonds. The van der Waals surface area contributed by atoms with E-state index in [2.05, 4.69) is 15.2 Å². The summed E-state index contributed by atoms with van der Waals surface area (Å²) in [6, 6.07) is 9.36. The number of nitriles is 1. The average molecular weight is 458 g/mol. The molecule has 4 aromatic rings. The van der Waals surface area contributed by atoms with Gasteiger partial charge in [-0.05, 0) is 31.2 Å². The van der Waals surface area contributed by atoms with E-state index < -0.39 is 5.82 Å². The van der Waals surface area contributed by atoms with Gasteiger partial charge in [-0.25, -0.2) is 9.37 Å². The molecule has 0 aliphatic carbocycles. The molecule has 0 bridgehead atoms. The van der Waals surface area contributed by atoms with Crippen molar-refractivity contribution in [2.75, 3.05) is 0 Å². The molecule has 4 rings (SSSR count). The molecule has 0 radical (unpaired) electrons. The van der Waals surface area contributed by atoms with Gasteiger partial charge in [0.15, 0.2) is 11.6 Å². The third-order valence-electron chi connectivity index (χ3n) is 4.48. The zero-order valence-corrected chi connectivity index (χ0v) is 17.9. The highest BCUT2D eigenvalue weighted by molar-refractivity contribution is 6.32. The van der Waals surface area contributed by atoms with Gasteiger partial charge in [0, 0.05) is 17.6 Å². The van der Waals surface area contributed by atoms with Crippen LogP contribution < -0.4 is 4.74 Å². The molecule has 0 unspecified atom stereocenters. The molecule has 0 saturated carbocycles. The van der Waals surface area contributed by atoms with Crippen LogP contribution in [-0.4, -0.2) is 19.7 Å². The van der Waals surface area contributed by atoms with E-state index in [9.17, 15) is 0 Å². The van der Waals surface area contributed by atoms with Gasteiger partial charge < -0.3 is 13.7 Å². The first-order valence-electron chi connectivity index (χ1n) is 9.01. The fraction of sp³-hybridized carbons (Fsp3) is 0.143. The molecular weight excluding hydrogens is 444 g/mol. The predicted octanol–water partition coefficient (Wildman–Crippen LogP) is 5.48. The molecule has 2 aromatic heterocycles. The number of halogens is 3. The minimum absolute atomic E-state index is 0.0300. The fourth-order valence-electron chi connectivity index (χ4n) is 3.04. The average Bonchev–Trinajstić information content (AvgIpc) is 3.32. The summed E-state index contributed by atoms with van der Waals surface area (Å²) in [5.41, 5.74) is 1.95. The molecule has 2 heterocycles. The number of imidazole rings is 1. The summed E-state index contributed by atoms with van der Waals surface area (Å²) in [5.74, 6) is -0.164. The molecule has 10 heteroatoms. The summed E-state index contributed by atoms with van der Waals surface area (Å²) in [5, 5.41) is 17.5. The van der Waals surface area contributed by atoms with Crippen molar-refractivity contribution in [3.8, 4) is 29.2 Å². The zero-order chi connectivity index (χ0) is 22.1. The van der Waals surface area contributed by atoms with Crippen LogP contribution in [0.4, 0.5) is 4.39 Å². The molecule has 7 nitrogen and oxygen atoms in total. The van der Waals surface area contributed by atoms with Crippen LogP contribution in [0.2, 0.25) is 10.0 Å². The summed E-state index contributed by atoms with van der Waals surface area (Å²) in [4.78, 5) is 4.19. The van der Waals surface area contributed by atoms with Gasteiger partial charge in [-0.2, -0.15) is 5.26 Å². The predicted molar refractivity (Wildman–Crippen MR) is 112 cm³/mol. The molecule has 0 aliphatic heterocycles. The number of benzene rings is 2. The Bertz CT molecular complexity index is 1310. The van der Waals surface area contributed by atoms with Crippen molar-refractivity contribution >= 4 is 23.2 Å². The quantitative estimate of drug-likeness (QED) is 0.394. The number of rotatable bonds is 5. The number of aryl methyl sites for hydroxylation is 2. The minimum atomic E-state index is -0.678. The molecule has 0 aliphatic rings. The second-order valence-corrected chi connectivity index (χ2v) is 7.55. The van der Waals surface area contributed by atoms with Crippen molar-refractivity contribution in [3.05, 3.63) is 75.2 Å². The lowest BCUT2D eigenvalue weighted by atomic mass is 10.1. The van der Waals surface area contributed by atoms with Crippen molar-refractivity contribution in [2.45, 2.75) is 13.3 Å². The Morgan fingerprint density at radius 1 is 1.23 bits per heavy atom. The van der Waals surface area contributed by atoms with Crippen LogP contribution in [0.15, 0.2) is 41.1 Å². The highest BCUT2D eigenvalue weighted by atomic mass is 35.5. The first kappa shape index (κ1) is 20.8. The molecule has 2 aromatic carbocycles. The Morgan fingerprint density at radius 2 is 2.03 bits per heavy atom. The van der Waals surface area contributed by atoms with E-state index in [0.29, 0.717) is 11.6 Å². The summed E-state index contributed by atoms with van der Waals surface area (Å²) in [6.07, 6.45) is 1.67. The SMILES string of the molecule is Cc1ncn(C)c1-c1nnc(Cc2ccc(Cl)c(Oc3cc(Cl)cc(C#N)c3)c2F)o1. The first-order chi connectivity index (χ1) is 14.9. The molecular formula is C21H14Cl2FN5O2. The second-order valence-electron chi connectivity index (χ2n) is 6.71. The van der Waals surface area contributed by atoms with Gasteiger partial charge in [0.1, 0.15) is 11.4 Å². The molecule has 0 saturated heterocycles. The largest absolute Gasteiger partial charge is 0.453 e. The number of nitrogens with zero attached hydrogens (tertiary/aromatic N) is 5. The van der Waals surface area contributed by atoms with Gasteiger partial charge in [-0.1, -0.05) is 29.3 Å². The third kappa shape index (κ3) is 4.24. The lowest BCUT2D eigenvalue weighted by Gasteiger charge is -2.11. The normalized spacial score (nSPS) is 10.8. The van der Waals surface area contributed by atoms with Crippen molar-refractivity contribution in [1.29, 1.82) is 5.26 Å². The van der Waals surface area contributed by atoms with Crippen LogP contribution in [0.5, 0.6) is 11.5 Å². The van der Waals surface area contributed by atoms with E-state index >= 15 is 4.39 Å². The lowest BCUT2D eigenvalue weighted by molar-refractivity contribution is 0.437. The molecule has 31 heavy (non-hydrogen) atoms. The van der Waals surface area contributed by atoms with E-state index in [4.69, 9.17) is 37.6 Å². The van der Waals surface area contributed by atoms with Crippen LogP contribution in [0, 0.1) is 24.1 Å². The lowest BCUT2D eigenvalue weighted by Crippen LogP contribution is -1.98. The highest BCUT2D eigenvalue weighted by Gasteiger charge is 2.20. The van der Waals surface area contributed by atoms with Gasteiger partial charge >= 0.3 is 0 Å². The van der Waals surface area contributed by atoms with Crippen molar-refractivity contribution in [2.24, 2.45) is 7.05 Å². The monoisotopic (exact) mass is 457 g/mol. The van der Waals surface area contributed by atoms with Crippen molar-refractivity contribution < 1.29 is 13.5 Å². The molecule has 0 spiro atoms. The van der Waals surface area contributed by atoms with Crippen LogP contribution in [0.25, 0.3) is 11.6 Å². The Labute approximate surface area is 186 Å². The van der Waals surface area contributed by atoms with Crippen LogP contribution >= 0.6 is 23.2 Å². The minimum Gasteiger partial charge on any atom is -0.453 e. The van der Waals surface area contributed by atoms with E-state index in [1.807, 2.05) is 20.0 Å². The first-order valence-corrected chi connectivity index (χ1v) is 9.77. The maximum atomic E-state index is 15.2. The van der Waals surface area contributed by atoms with Crippen LogP contribution in [0.1, 0.15) is 22.7 Å². The Kier molecular flexibility index (Phi) is 5.63. The Balaban J connectivity index is 1.63. The van der Waals surface area contributed by atoms with Crippen molar-refractivity contribution in [3.63, 3.8) is 0 Å². The number of hydrogen-bond donors (Lipinski definition) is 0. The van der Waals surface area contributed by atoms with Gasteiger partial charge in [0.05, 0.1) is 35.1 Å². The summed E-state index contributed by atoms with van der Waals surface area (Å²) >= 11 is 12.1. The van der Waals surface area contributed by atoms with Gasteiger partial charge in [0.2, 0.25) is 5.89 Å². The fourth-order valence-corrected chi connectivity index (χ4v) is 3.45. The van der Waals surface area contributed by atoms with E-state index in [0.717, 1.165) is 5.69 Å². The Hall–Kier alpha value is -3.41. The summed E-state index contributed by atoms with van der Waals surface area (Å²) in [6.45, 7) is 1.83.